The van der Waals surface area contributed by atoms with Crippen molar-refractivity contribution < 1.29 is 0 Å². The lowest BCUT2D eigenvalue weighted by molar-refractivity contribution is 1.05. The predicted octanol–water partition coefficient (Wildman–Crippen LogP) is 0.595. The standard InChI is InChI=1S/C6H6BBrN2/c1-2-4-5(7)9-3-10-6(4)8/h3H,2H2,1H3. The second kappa shape index (κ2) is 3.15. The van der Waals surface area contributed by atoms with Gasteiger partial charge in [-0.05, 0) is 33.5 Å². The van der Waals surface area contributed by atoms with Crippen molar-refractivity contribution in [3.05, 3.63) is 16.5 Å². The molecule has 0 aliphatic rings. The summed E-state index contributed by atoms with van der Waals surface area (Å²) in [6.07, 6.45) is 2.30. The van der Waals surface area contributed by atoms with Crippen molar-refractivity contribution >= 4 is 29.4 Å². The molecule has 1 aromatic rings. The van der Waals surface area contributed by atoms with Crippen LogP contribution in [0.15, 0.2) is 10.9 Å². The zero-order valence-corrected chi connectivity index (χ0v) is 7.22. The molecule has 1 aromatic heterocycles. The van der Waals surface area contributed by atoms with Crippen LogP contribution in [0.5, 0.6) is 0 Å². The Bertz CT molecular complexity index is 219. The molecule has 0 N–H and O–H groups in total. The Morgan fingerprint density at radius 2 is 2.30 bits per heavy atom. The van der Waals surface area contributed by atoms with Crippen molar-refractivity contribution in [3.8, 4) is 0 Å². The van der Waals surface area contributed by atoms with Gasteiger partial charge in [0.25, 0.3) is 0 Å². The molecule has 0 aromatic carbocycles. The van der Waals surface area contributed by atoms with E-state index in [0.717, 1.165) is 16.6 Å². The zero-order valence-electron chi connectivity index (χ0n) is 5.63. The lowest BCUT2D eigenvalue weighted by Gasteiger charge is -2.01. The minimum absolute atomic E-state index is 0.560. The summed E-state index contributed by atoms with van der Waals surface area (Å²) >= 11 is 3.28. The SMILES string of the molecule is [B]c1ncnc(Br)c1CC. The molecule has 1 heterocycles. The Morgan fingerprint density at radius 3 is 2.70 bits per heavy atom. The fourth-order valence-corrected chi connectivity index (χ4v) is 1.31. The van der Waals surface area contributed by atoms with Gasteiger partial charge in [0.1, 0.15) is 18.8 Å². The molecule has 4 heteroatoms. The zero-order chi connectivity index (χ0) is 7.56. The topological polar surface area (TPSA) is 25.8 Å². The molecule has 2 nitrogen and oxygen atoms in total. The first-order chi connectivity index (χ1) is 4.75. The van der Waals surface area contributed by atoms with Gasteiger partial charge >= 0.3 is 0 Å². The number of hydrogen-bond donors (Lipinski definition) is 0. The molecule has 0 atom stereocenters. The van der Waals surface area contributed by atoms with Crippen LogP contribution in [0.3, 0.4) is 0 Å². The molecular formula is C6H6BBrN2. The predicted molar refractivity (Wildman–Crippen MR) is 44.5 cm³/mol. The third-order valence-electron chi connectivity index (χ3n) is 1.28. The van der Waals surface area contributed by atoms with E-state index in [9.17, 15) is 0 Å². The van der Waals surface area contributed by atoms with E-state index in [2.05, 4.69) is 25.9 Å². The van der Waals surface area contributed by atoms with E-state index in [1.807, 2.05) is 6.92 Å². The third kappa shape index (κ3) is 1.37. The minimum Gasteiger partial charge on any atom is -0.253 e. The van der Waals surface area contributed by atoms with E-state index in [0.29, 0.717) is 5.59 Å². The largest absolute Gasteiger partial charge is 0.253 e. The van der Waals surface area contributed by atoms with E-state index in [1.165, 1.54) is 6.33 Å². The van der Waals surface area contributed by atoms with Crippen LogP contribution in [0.2, 0.25) is 0 Å². The smallest absolute Gasteiger partial charge is 0.142 e. The van der Waals surface area contributed by atoms with Gasteiger partial charge in [-0.3, -0.25) is 4.98 Å². The Labute approximate surface area is 69.6 Å². The summed E-state index contributed by atoms with van der Waals surface area (Å²) in [7, 11) is 5.55. The van der Waals surface area contributed by atoms with Crippen LogP contribution in [0.1, 0.15) is 12.5 Å². The lowest BCUT2D eigenvalue weighted by Crippen LogP contribution is -2.15. The Hall–Kier alpha value is -0.375. The van der Waals surface area contributed by atoms with Crippen LogP contribution in [-0.4, -0.2) is 17.8 Å². The van der Waals surface area contributed by atoms with E-state index in [4.69, 9.17) is 7.85 Å². The Kier molecular flexibility index (Phi) is 2.43. The van der Waals surface area contributed by atoms with Gasteiger partial charge in [0.05, 0.1) is 0 Å². The van der Waals surface area contributed by atoms with Crippen LogP contribution in [-0.2, 0) is 6.42 Å². The highest BCUT2D eigenvalue weighted by atomic mass is 79.9. The van der Waals surface area contributed by atoms with E-state index < -0.39 is 0 Å². The van der Waals surface area contributed by atoms with Crippen LogP contribution in [0, 0.1) is 0 Å². The normalized spacial score (nSPS) is 9.80. The van der Waals surface area contributed by atoms with Crippen LogP contribution >= 0.6 is 15.9 Å². The second-order valence-electron chi connectivity index (χ2n) is 1.88. The Balaban J connectivity index is 3.17. The molecule has 0 amide bonds. The average molecular weight is 197 g/mol. The quantitative estimate of drug-likeness (QED) is 0.486. The lowest BCUT2D eigenvalue weighted by atomic mass is 9.98. The summed E-state index contributed by atoms with van der Waals surface area (Å²) in [6, 6.07) is 0. The molecule has 0 bridgehead atoms. The van der Waals surface area contributed by atoms with E-state index in [1.54, 1.807) is 0 Å². The first-order valence-corrected chi connectivity index (χ1v) is 3.79. The number of aromatic nitrogens is 2. The van der Waals surface area contributed by atoms with Gasteiger partial charge in [-0.2, -0.15) is 0 Å². The van der Waals surface area contributed by atoms with Crippen molar-refractivity contribution in [3.63, 3.8) is 0 Å². The molecule has 50 valence electrons. The van der Waals surface area contributed by atoms with Gasteiger partial charge in [-0.25, -0.2) is 4.98 Å². The Morgan fingerprint density at radius 1 is 1.60 bits per heavy atom. The third-order valence-corrected chi connectivity index (χ3v) is 1.96. The fraction of sp³-hybridized carbons (Fsp3) is 0.333. The van der Waals surface area contributed by atoms with Crippen LogP contribution in [0.25, 0.3) is 0 Å². The van der Waals surface area contributed by atoms with E-state index in [-0.39, 0.29) is 0 Å². The molecule has 0 spiro atoms. The molecule has 0 fully saturated rings. The molecule has 0 saturated heterocycles. The average Bonchev–Trinajstić information content (AvgIpc) is 1.88. The number of hydrogen-bond acceptors (Lipinski definition) is 2. The molecule has 2 radical (unpaired) electrons. The van der Waals surface area contributed by atoms with Crippen molar-refractivity contribution in [1.29, 1.82) is 0 Å². The highest BCUT2D eigenvalue weighted by molar-refractivity contribution is 9.10. The summed E-state index contributed by atoms with van der Waals surface area (Å²) in [5.41, 5.74) is 1.53. The van der Waals surface area contributed by atoms with E-state index >= 15 is 0 Å². The summed E-state index contributed by atoms with van der Waals surface area (Å²) in [5.74, 6) is 0. The minimum atomic E-state index is 0.560. The molecular weight excluding hydrogens is 191 g/mol. The molecule has 0 aliphatic heterocycles. The monoisotopic (exact) mass is 196 g/mol. The fourth-order valence-electron chi connectivity index (χ4n) is 0.730. The van der Waals surface area contributed by atoms with Crippen molar-refractivity contribution in [2.75, 3.05) is 0 Å². The van der Waals surface area contributed by atoms with Gasteiger partial charge in [-0.1, -0.05) is 6.92 Å². The summed E-state index contributed by atoms with van der Waals surface area (Å²) in [6.45, 7) is 2.01. The molecule has 0 aliphatic carbocycles. The van der Waals surface area contributed by atoms with Gasteiger partial charge in [-0.15, -0.1) is 0 Å². The summed E-state index contributed by atoms with van der Waals surface area (Å²) in [4.78, 5) is 7.78. The van der Waals surface area contributed by atoms with Gasteiger partial charge < -0.3 is 0 Å². The highest BCUT2D eigenvalue weighted by Crippen LogP contribution is 2.08. The molecule has 0 saturated carbocycles. The van der Waals surface area contributed by atoms with Crippen LogP contribution < -0.4 is 5.59 Å². The first kappa shape index (κ1) is 7.73. The van der Waals surface area contributed by atoms with Gasteiger partial charge in [0, 0.05) is 0 Å². The molecule has 1 rings (SSSR count). The van der Waals surface area contributed by atoms with Crippen molar-refractivity contribution in [1.82, 2.24) is 9.97 Å². The summed E-state index contributed by atoms with van der Waals surface area (Å²) < 4.78 is 0.794. The summed E-state index contributed by atoms with van der Waals surface area (Å²) in [5, 5.41) is 0. The maximum Gasteiger partial charge on any atom is 0.142 e. The van der Waals surface area contributed by atoms with Crippen molar-refractivity contribution in [2.24, 2.45) is 0 Å². The van der Waals surface area contributed by atoms with Gasteiger partial charge in [0.15, 0.2) is 0 Å². The van der Waals surface area contributed by atoms with Crippen LogP contribution in [0.4, 0.5) is 0 Å². The second-order valence-corrected chi connectivity index (χ2v) is 2.63. The first-order valence-electron chi connectivity index (χ1n) is 3.00. The molecule has 0 unspecified atom stereocenters. The maximum absolute atomic E-state index is 5.55. The van der Waals surface area contributed by atoms with Crippen molar-refractivity contribution in [2.45, 2.75) is 13.3 Å². The number of nitrogens with zero attached hydrogens (tertiary/aromatic N) is 2. The molecule has 10 heavy (non-hydrogen) atoms. The van der Waals surface area contributed by atoms with Gasteiger partial charge in [0.2, 0.25) is 0 Å². The maximum atomic E-state index is 5.55. The number of halogens is 1. The number of rotatable bonds is 1. The highest BCUT2D eigenvalue weighted by Gasteiger charge is 2.00.